The Labute approximate surface area is 126 Å². The van der Waals surface area contributed by atoms with E-state index in [2.05, 4.69) is 5.32 Å². The first kappa shape index (κ1) is 16.0. The van der Waals surface area contributed by atoms with Crippen LogP contribution in [0, 0.1) is 13.8 Å². The van der Waals surface area contributed by atoms with Gasteiger partial charge in [-0.15, -0.1) is 0 Å². The molecule has 0 aliphatic heterocycles. The van der Waals surface area contributed by atoms with Crippen LogP contribution in [0.4, 0.5) is 0 Å². The quantitative estimate of drug-likeness (QED) is 0.929. The molecular weight excluding hydrogens is 286 g/mol. The molecule has 0 atom stereocenters. The van der Waals surface area contributed by atoms with Gasteiger partial charge in [-0.1, -0.05) is 25.0 Å². The molecule has 116 valence electrons. The largest absolute Gasteiger partial charge is 0.355 e. The van der Waals surface area contributed by atoms with E-state index in [1.807, 2.05) is 26.0 Å². The van der Waals surface area contributed by atoms with Crippen molar-refractivity contribution in [2.24, 2.45) is 0 Å². The van der Waals surface area contributed by atoms with Gasteiger partial charge in [-0.05, 0) is 50.8 Å². The van der Waals surface area contributed by atoms with E-state index >= 15 is 0 Å². The van der Waals surface area contributed by atoms with Crippen molar-refractivity contribution >= 4 is 15.7 Å². The van der Waals surface area contributed by atoms with Crippen molar-refractivity contribution in [3.05, 3.63) is 29.3 Å². The van der Waals surface area contributed by atoms with Crippen LogP contribution < -0.4 is 5.32 Å². The Bertz CT molecular complexity index is 643. The summed E-state index contributed by atoms with van der Waals surface area (Å²) in [6.07, 6.45) is 2.38. The number of benzene rings is 1. The van der Waals surface area contributed by atoms with Gasteiger partial charge in [0.15, 0.2) is 14.6 Å². The maximum Gasteiger partial charge on any atom is 0.241 e. The second kappa shape index (κ2) is 5.79. The van der Waals surface area contributed by atoms with Crippen molar-refractivity contribution in [2.45, 2.75) is 56.1 Å². The molecule has 1 amide bonds. The maximum absolute atomic E-state index is 13.2. The average molecular weight is 309 g/mol. The fourth-order valence-electron chi connectivity index (χ4n) is 3.09. The molecule has 2 rings (SSSR count). The normalized spacial score (nSPS) is 17.7. The monoisotopic (exact) mass is 309 g/mol. The van der Waals surface area contributed by atoms with Gasteiger partial charge in [0, 0.05) is 6.54 Å². The van der Waals surface area contributed by atoms with E-state index in [0.717, 1.165) is 18.4 Å². The lowest BCUT2D eigenvalue weighted by molar-refractivity contribution is -0.123. The first-order valence-electron chi connectivity index (χ1n) is 7.45. The standard InChI is InChI=1S/C16H23NO3S/c1-4-17-15(18)16(9-5-6-10-16)21(19,20)14-11-12(2)7-8-13(14)3/h7-8,11H,4-6,9-10H2,1-3H3,(H,17,18). The number of carbonyl (C=O) groups is 1. The summed E-state index contributed by atoms with van der Waals surface area (Å²) in [4.78, 5) is 12.8. The maximum atomic E-state index is 13.2. The van der Waals surface area contributed by atoms with E-state index in [1.54, 1.807) is 13.0 Å². The predicted octanol–water partition coefficient (Wildman–Crippen LogP) is 2.53. The summed E-state index contributed by atoms with van der Waals surface area (Å²) in [5.41, 5.74) is 1.60. The average Bonchev–Trinajstić information content (AvgIpc) is 2.93. The Morgan fingerprint density at radius 1 is 1.24 bits per heavy atom. The summed E-state index contributed by atoms with van der Waals surface area (Å²) in [7, 11) is -3.69. The van der Waals surface area contributed by atoms with Crippen LogP contribution in [0.1, 0.15) is 43.7 Å². The van der Waals surface area contributed by atoms with Crippen LogP contribution in [0.2, 0.25) is 0 Å². The molecule has 1 saturated carbocycles. The van der Waals surface area contributed by atoms with Crippen LogP contribution in [-0.2, 0) is 14.6 Å². The minimum atomic E-state index is -3.69. The highest BCUT2D eigenvalue weighted by molar-refractivity contribution is 7.93. The number of carbonyl (C=O) groups excluding carboxylic acids is 1. The molecule has 1 N–H and O–H groups in total. The van der Waals surface area contributed by atoms with Gasteiger partial charge in [-0.3, -0.25) is 4.79 Å². The molecule has 0 heterocycles. The fourth-order valence-corrected chi connectivity index (χ4v) is 5.49. The van der Waals surface area contributed by atoms with Crippen molar-refractivity contribution in [1.82, 2.24) is 5.32 Å². The van der Waals surface area contributed by atoms with Crippen LogP contribution in [0.15, 0.2) is 23.1 Å². The Hall–Kier alpha value is -1.36. The highest BCUT2D eigenvalue weighted by Crippen LogP contribution is 2.41. The Morgan fingerprint density at radius 2 is 1.86 bits per heavy atom. The molecule has 5 heteroatoms. The number of hydrogen-bond donors (Lipinski definition) is 1. The second-order valence-electron chi connectivity index (χ2n) is 5.83. The zero-order valence-corrected chi connectivity index (χ0v) is 13.7. The molecule has 1 aromatic rings. The van der Waals surface area contributed by atoms with Gasteiger partial charge in [-0.25, -0.2) is 8.42 Å². The Balaban J connectivity index is 2.58. The van der Waals surface area contributed by atoms with E-state index in [9.17, 15) is 13.2 Å². The molecule has 0 aromatic heterocycles. The molecule has 0 spiro atoms. The minimum absolute atomic E-state index is 0.302. The number of rotatable bonds is 4. The lowest BCUT2D eigenvalue weighted by Gasteiger charge is -2.28. The predicted molar refractivity (Wildman–Crippen MR) is 83.0 cm³/mol. The lowest BCUT2D eigenvalue weighted by Crippen LogP contribution is -2.50. The van der Waals surface area contributed by atoms with Crippen LogP contribution >= 0.6 is 0 Å². The number of aryl methyl sites for hydroxylation is 2. The van der Waals surface area contributed by atoms with Gasteiger partial charge >= 0.3 is 0 Å². The number of sulfone groups is 1. The molecule has 1 aromatic carbocycles. The zero-order chi connectivity index (χ0) is 15.7. The molecule has 0 saturated heterocycles. The highest BCUT2D eigenvalue weighted by Gasteiger charge is 2.53. The van der Waals surface area contributed by atoms with Gasteiger partial charge in [-0.2, -0.15) is 0 Å². The minimum Gasteiger partial charge on any atom is -0.355 e. The Kier molecular flexibility index (Phi) is 4.42. The summed E-state index contributed by atoms with van der Waals surface area (Å²) in [5.74, 6) is -0.344. The van der Waals surface area contributed by atoms with E-state index in [0.29, 0.717) is 29.8 Å². The number of nitrogens with one attached hydrogen (secondary N) is 1. The van der Waals surface area contributed by atoms with Crippen molar-refractivity contribution in [3.8, 4) is 0 Å². The van der Waals surface area contributed by atoms with Crippen molar-refractivity contribution in [1.29, 1.82) is 0 Å². The third-order valence-corrected chi connectivity index (χ3v) is 6.95. The molecular formula is C16H23NO3S. The van der Waals surface area contributed by atoms with Crippen molar-refractivity contribution < 1.29 is 13.2 Å². The van der Waals surface area contributed by atoms with E-state index in [4.69, 9.17) is 0 Å². The third kappa shape index (κ3) is 2.59. The molecule has 1 aliphatic rings. The SMILES string of the molecule is CCNC(=O)C1(S(=O)(=O)c2cc(C)ccc2C)CCCC1. The lowest BCUT2D eigenvalue weighted by atomic mass is 10.1. The summed E-state index contributed by atoms with van der Waals surface area (Å²) in [6, 6.07) is 5.38. The Morgan fingerprint density at radius 3 is 2.43 bits per heavy atom. The highest BCUT2D eigenvalue weighted by atomic mass is 32.2. The number of hydrogen-bond acceptors (Lipinski definition) is 3. The third-order valence-electron chi connectivity index (χ3n) is 4.31. The first-order chi connectivity index (χ1) is 9.85. The summed E-state index contributed by atoms with van der Waals surface area (Å²) in [6.45, 7) is 5.91. The van der Waals surface area contributed by atoms with Gasteiger partial charge in [0.05, 0.1) is 4.90 Å². The molecule has 21 heavy (non-hydrogen) atoms. The molecule has 4 nitrogen and oxygen atoms in total. The van der Waals surface area contributed by atoms with Crippen LogP contribution in [0.25, 0.3) is 0 Å². The van der Waals surface area contributed by atoms with Gasteiger partial charge in [0.2, 0.25) is 5.91 Å². The summed E-state index contributed by atoms with van der Waals surface area (Å²) < 4.78 is 25.1. The fraction of sp³-hybridized carbons (Fsp3) is 0.562. The smallest absolute Gasteiger partial charge is 0.241 e. The first-order valence-corrected chi connectivity index (χ1v) is 8.93. The van der Waals surface area contributed by atoms with Gasteiger partial charge in [0.25, 0.3) is 0 Å². The molecule has 0 radical (unpaired) electrons. The van der Waals surface area contributed by atoms with Crippen LogP contribution in [0.3, 0.4) is 0 Å². The molecule has 0 bridgehead atoms. The van der Waals surface area contributed by atoms with Gasteiger partial charge in [0.1, 0.15) is 0 Å². The van der Waals surface area contributed by atoms with E-state index in [1.165, 1.54) is 0 Å². The second-order valence-corrected chi connectivity index (χ2v) is 8.06. The molecule has 0 unspecified atom stereocenters. The summed E-state index contributed by atoms with van der Waals surface area (Å²) >= 11 is 0. The van der Waals surface area contributed by atoms with Crippen LogP contribution in [-0.4, -0.2) is 25.6 Å². The zero-order valence-electron chi connectivity index (χ0n) is 12.9. The van der Waals surface area contributed by atoms with Crippen molar-refractivity contribution in [2.75, 3.05) is 6.54 Å². The van der Waals surface area contributed by atoms with E-state index in [-0.39, 0.29) is 5.91 Å². The number of amides is 1. The molecule has 1 aliphatic carbocycles. The topological polar surface area (TPSA) is 63.2 Å². The van der Waals surface area contributed by atoms with Crippen molar-refractivity contribution in [3.63, 3.8) is 0 Å². The van der Waals surface area contributed by atoms with Crippen LogP contribution in [0.5, 0.6) is 0 Å². The van der Waals surface area contributed by atoms with Gasteiger partial charge < -0.3 is 5.32 Å². The molecule has 1 fully saturated rings. The summed E-state index contributed by atoms with van der Waals surface area (Å²) in [5, 5.41) is 2.72. The van der Waals surface area contributed by atoms with E-state index < -0.39 is 14.6 Å².